The van der Waals surface area contributed by atoms with E-state index in [1.54, 1.807) is 0 Å². The molecule has 0 aliphatic rings. The van der Waals surface area contributed by atoms with Gasteiger partial charge in [0.15, 0.2) is 0 Å². The van der Waals surface area contributed by atoms with Crippen LogP contribution >= 0.6 is 0 Å². The molecule has 1 N–H and O–H groups in total. The van der Waals surface area contributed by atoms with Crippen molar-refractivity contribution in [1.29, 1.82) is 0 Å². The summed E-state index contributed by atoms with van der Waals surface area (Å²) in [4.78, 5) is 3.75. The lowest BCUT2D eigenvalue weighted by atomic mass is 10.1. The molecule has 15 heavy (non-hydrogen) atoms. The number of rotatable bonds is 5. The average molecular weight is 230 g/mol. The van der Waals surface area contributed by atoms with E-state index < -0.39 is 15.4 Å². The van der Waals surface area contributed by atoms with Crippen molar-refractivity contribution in [2.75, 3.05) is 6.61 Å². The van der Waals surface area contributed by atoms with Crippen LogP contribution in [0.5, 0.6) is 0 Å². The van der Waals surface area contributed by atoms with Gasteiger partial charge < -0.3 is 0 Å². The van der Waals surface area contributed by atoms with Crippen molar-refractivity contribution in [1.82, 2.24) is 4.98 Å². The molecule has 1 aromatic rings. The fourth-order valence-corrected chi connectivity index (χ4v) is 2.30. The highest BCUT2D eigenvalue weighted by Gasteiger charge is 2.24. The second-order valence-electron chi connectivity index (χ2n) is 3.13. The number of hydrogen-bond donors (Lipinski definition) is 1. The van der Waals surface area contributed by atoms with E-state index in [4.69, 9.17) is 4.55 Å². The number of pyridine rings is 1. The minimum Gasteiger partial charge on any atom is -0.285 e. The molecule has 83 valence electrons. The molecular formula is C9H12NO4S. The molecule has 1 heterocycles. The zero-order valence-electron chi connectivity index (χ0n) is 8.04. The molecule has 0 aromatic carbocycles. The molecule has 5 nitrogen and oxygen atoms in total. The van der Waals surface area contributed by atoms with Crippen molar-refractivity contribution in [2.45, 2.75) is 18.1 Å². The minimum absolute atomic E-state index is 0.131. The van der Waals surface area contributed by atoms with Crippen LogP contribution in [0.3, 0.4) is 0 Å². The quantitative estimate of drug-likeness (QED) is 0.770. The lowest BCUT2D eigenvalue weighted by Gasteiger charge is -2.12. The average Bonchev–Trinajstić information content (AvgIpc) is 2.18. The Bertz CT molecular complexity index is 390. The highest BCUT2D eigenvalue weighted by molar-refractivity contribution is 7.86. The number of nitrogens with zero attached hydrogens (tertiary/aromatic N) is 1. The fourth-order valence-electron chi connectivity index (χ4n) is 1.33. The second kappa shape index (κ2) is 5.20. The first-order valence-electron chi connectivity index (χ1n) is 4.50. The molecule has 0 bridgehead atoms. The Kier molecular flexibility index (Phi) is 4.19. The van der Waals surface area contributed by atoms with E-state index in [2.05, 4.69) is 4.98 Å². The zero-order valence-corrected chi connectivity index (χ0v) is 8.85. The first-order valence-corrected chi connectivity index (χ1v) is 6.00. The van der Waals surface area contributed by atoms with Gasteiger partial charge in [0.05, 0.1) is 6.61 Å². The van der Waals surface area contributed by atoms with Crippen molar-refractivity contribution in [3.63, 3.8) is 0 Å². The fraction of sp³-hybridized carbons (Fsp3) is 0.444. The van der Waals surface area contributed by atoms with Gasteiger partial charge in [0.1, 0.15) is 5.25 Å². The van der Waals surface area contributed by atoms with Crippen LogP contribution in [0.25, 0.3) is 0 Å². The lowest BCUT2D eigenvalue weighted by molar-refractivity contribution is 0.186. The summed E-state index contributed by atoms with van der Waals surface area (Å²) in [5, 5.41) is 9.28. The molecule has 0 saturated heterocycles. The lowest BCUT2D eigenvalue weighted by Crippen LogP contribution is -2.12. The number of hydrogen-bond acceptors (Lipinski definition) is 3. The Labute approximate surface area is 88.5 Å². The third-order valence-electron chi connectivity index (χ3n) is 2.05. The molecule has 1 aromatic heterocycles. The molecule has 6 heteroatoms. The molecule has 0 saturated carbocycles. The molecule has 1 atom stereocenters. The van der Waals surface area contributed by atoms with E-state index in [9.17, 15) is 13.5 Å². The van der Waals surface area contributed by atoms with Gasteiger partial charge in [-0.2, -0.15) is 8.42 Å². The molecule has 0 spiro atoms. The van der Waals surface area contributed by atoms with Crippen molar-refractivity contribution < 1.29 is 18.1 Å². The molecule has 0 aliphatic heterocycles. The summed E-state index contributed by atoms with van der Waals surface area (Å²) in [6.45, 7) is -0.350. The van der Waals surface area contributed by atoms with Gasteiger partial charge in [-0.3, -0.25) is 9.54 Å². The topological polar surface area (TPSA) is 87.2 Å². The van der Waals surface area contributed by atoms with Gasteiger partial charge >= 0.3 is 0 Å². The predicted molar refractivity (Wildman–Crippen MR) is 53.3 cm³/mol. The summed E-state index contributed by atoms with van der Waals surface area (Å²) in [7, 11) is -4.16. The molecule has 0 fully saturated rings. The minimum atomic E-state index is -4.16. The first kappa shape index (κ1) is 12.1. The number of aromatic nitrogens is 1. The summed E-state index contributed by atoms with van der Waals surface area (Å²) < 4.78 is 31.1. The maximum Gasteiger partial charge on any atom is 0.271 e. The third-order valence-corrected chi connectivity index (χ3v) is 3.28. The first-order chi connectivity index (χ1) is 7.05. The van der Waals surface area contributed by atoms with Crippen molar-refractivity contribution >= 4 is 10.1 Å². The second-order valence-corrected chi connectivity index (χ2v) is 4.73. The largest absolute Gasteiger partial charge is 0.285 e. The SMILES string of the molecule is [O]CCCC(c1ccncc1)S(=O)(=O)O. The monoisotopic (exact) mass is 230 g/mol. The van der Waals surface area contributed by atoms with Crippen LogP contribution in [0.2, 0.25) is 0 Å². The summed E-state index contributed by atoms with van der Waals surface area (Å²) in [5.41, 5.74) is 0.459. The Balaban J connectivity index is 2.92. The summed E-state index contributed by atoms with van der Waals surface area (Å²) in [6.07, 6.45) is 3.24. The van der Waals surface area contributed by atoms with Gasteiger partial charge in [0, 0.05) is 12.4 Å². The van der Waals surface area contributed by atoms with Crippen molar-refractivity contribution in [2.24, 2.45) is 0 Å². The van der Waals surface area contributed by atoms with Gasteiger partial charge in [0.25, 0.3) is 10.1 Å². The van der Waals surface area contributed by atoms with Crippen molar-refractivity contribution in [3.05, 3.63) is 30.1 Å². The van der Waals surface area contributed by atoms with Gasteiger partial charge in [-0.25, -0.2) is 5.11 Å². The van der Waals surface area contributed by atoms with Crippen LogP contribution in [0.15, 0.2) is 24.5 Å². The molecule has 1 rings (SSSR count). The maximum absolute atomic E-state index is 11.1. The van der Waals surface area contributed by atoms with E-state index in [0.717, 1.165) is 0 Å². The maximum atomic E-state index is 11.1. The zero-order chi connectivity index (χ0) is 11.3. The molecule has 0 amide bonds. The predicted octanol–water partition coefficient (Wildman–Crippen LogP) is 1.22. The molecular weight excluding hydrogens is 218 g/mol. The van der Waals surface area contributed by atoms with Crippen molar-refractivity contribution in [3.8, 4) is 0 Å². The van der Waals surface area contributed by atoms with Crippen LogP contribution in [0, 0.1) is 0 Å². The highest BCUT2D eigenvalue weighted by atomic mass is 32.2. The van der Waals surface area contributed by atoms with Gasteiger partial charge in [0.2, 0.25) is 0 Å². The van der Waals surface area contributed by atoms with Gasteiger partial charge in [-0.05, 0) is 30.5 Å². The van der Waals surface area contributed by atoms with E-state index in [1.165, 1.54) is 24.5 Å². The van der Waals surface area contributed by atoms with Gasteiger partial charge in [-0.1, -0.05) is 0 Å². The van der Waals surface area contributed by atoms with E-state index in [-0.39, 0.29) is 19.4 Å². The molecule has 1 radical (unpaired) electrons. The van der Waals surface area contributed by atoms with Crippen LogP contribution in [-0.4, -0.2) is 24.6 Å². The van der Waals surface area contributed by atoms with E-state index >= 15 is 0 Å². The summed E-state index contributed by atoms with van der Waals surface area (Å²) in [5.74, 6) is 0. The smallest absolute Gasteiger partial charge is 0.271 e. The highest BCUT2D eigenvalue weighted by Crippen LogP contribution is 2.25. The van der Waals surface area contributed by atoms with Crippen LogP contribution in [0.4, 0.5) is 0 Å². The van der Waals surface area contributed by atoms with Gasteiger partial charge in [-0.15, -0.1) is 0 Å². The third kappa shape index (κ3) is 3.58. The molecule has 0 aliphatic carbocycles. The summed E-state index contributed by atoms with van der Waals surface area (Å²) >= 11 is 0. The summed E-state index contributed by atoms with van der Waals surface area (Å²) in [6, 6.07) is 3.03. The standard InChI is InChI=1S/C9H12NO4S/c11-7-1-2-9(15(12,13)14)8-3-5-10-6-4-8/h3-6,9H,1-2,7H2,(H,12,13,14). The van der Waals surface area contributed by atoms with E-state index in [1.807, 2.05) is 0 Å². The van der Waals surface area contributed by atoms with Crippen LogP contribution < -0.4 is 0 Å². The van der Waals surface area contributed by atoms with Crippen LogP contribution in [-0.2, 0) is 15.2 Å². The van der Waals surface area contributed by atoms with E-state index in [0.29, 0.717) is 5.56 Å². The Hall–Kier alpha value is -0.980. The Morgan fingerprint density at radius 1 is 1.33 bits per heavy atom. The normalized spacial score (nSPS) is 13.7. The Morgan fingerprint density at radius 2 is 1.93 bits per heavy atom. The molecule has 1 unspecified atom stereocenters. The Morgan fingerprint density at radius 3 is 2.40 bits per heavy atom. The van der Waals surface area contributed by atoms with Crippen LogP contribution in [0.1, 0.15) is 23.7 Å².